The molecule has 0 aromatic carbocycles. The average Bonchev–Trinajstić information content (AvgIpc) is 0. The van der Waals surface area contributed by atoms with Gasteiger partial charge < -0.3 is 2.85 Å². The van der Waals surface area contributed by atoms with Crippen LogP contribution in [0.25, 0.3) is 0 Å². The van der Waals surface area contributed by atoms with E-state index in [4.69, 9.17) is 0 Å². The summed E-state index contributed by atoms with van der Waals surface area (Å²) in [6.45, 7) is 0. The molecule has 0 saturated heterocycles. The topological polar surface area (TPSA) is 0 Å². The van der Waals surface area contributed by atoms with Crippen LogP contribution in [0.15, 0.2) is 0 Å². The second-order valence-corrected chi connectivity index (χ2v) is 0. The van der Waals surface area contributed by atoms with Gasteiger partial charge in [0.15, 0.2) is 0 Å². The number of halogens is 4. The molecular weight excluding hydrogens is 327 g/mol. The van der Waals surface area contributed by atoms with E-state index in [1.54, 1.807) is 0 Å². The third-order valence-electron chi connectivity index (χ3n) is 0. The third kappa shape index (κ3) is 26.1. The van der Waals surface area contributed by atoms with Gasteiger partial charge in [0, 0.05) is 21.7 Å². The molecule has 0 atom stereocenters. The second-order valence-electron chi connectivity index (χ2n) is 0. The Bertz CT molecular complexity index is 14.0. The first-order valence-electron chi connectivity index (χ1n) is 0. The van der Waals surface area contributed by atoms with E-state index in [1.807, 2.05) is 0 Å². The molecule has 40 valence electrons. The summed E-state index contributed by atoms with van der Waals surface area (Å²) < 4.78 is 0. The Morgan fingerprint density at radius 2 is 0.667 bits per heavy atom. The molecule has 0 saturated carbocycles. The molecule has 0 N–H and O–H groups in total. The van der Waals surface area contributed by atoms with Crippen molar-refractivity contribution in [3.8, 4) is 0 Å². The molecule has 0 heterocycles. The van der Waals surface area contributed by atoms with Crippen molar-refractivity contribution in [1.82, 2.24) is 0 Å². The van der Waals surface area contributed by atoms with Crippen LogP contribution in [0, 0.1) is 0 Å². The second kappa shape index (κ2) is 39.4. The van der Waals surface area contributed by atoms with E-state index in [2.05, 4.69) is 0 Å². The van der Waals surface area contributed by atoms with Gasteiger partial charge in [0.1, 0.15) is 0 Å². The molecule has 0 radical (unpaired) electrons. The molecule has 0 unspecified atom stereocenters. The van der Waals surface area contributed by atoms with Gasteiger partial charge >= 0.3 is 48.9 Å². The maximum absolute atomic E-state index is 0. The Labute approximate surface area is 121 Å². The molecule has 6 heavy (non-hydrogen) atoms. The van der Waals surface area contributed by atoms with E-state index in [0.29, 0.717) is 0 Å². The van der Waals surface area contributed by atoms with Gasteiger partial charge in [0.2, 0.25) is 0 Å². The predicted molar refractivity (Wildman–Crippen MR) is 37.0 cm³/mol. The van der Waals surface area contributed by atoms with Crippen molar-refractivity contribution < 1.29 is 24.6 Å². The zero-order chi connectivity index (χ0) is 0. The maximum Gasteiger partial charge on any atom is 2.00 e. The predicted octanol–water partition coefficient (Wildman–Crippen LogP) is 1.53. The molecule has 0 aliphatic rings. The van der Waals surface area contributed by atoms with Gasteiger partial charge in [-0.2, -0.15) is 0 Å². The van der Waals surface area contributed by atoms with Crippen molar-refractivity contribution in [3.63, 3.8) is 0 Å². The molecule has 0 spiro atoms. The van der Waals surface area contributed by atoms with Crippen LogP contribution in [-0.2, 0) is 21.7 Å². The summed E-state index contributed by atoms with van der Waals surface area (Å²) in [7, 11) is 0. The smallest absolute Gasteiger partial charge is 1.00 e. The Hall–Kier alpha value is 3.45. The molecule has 0 fully saturated rings. The van der Waals surface area contributed by atoms with Crippen molar-refractivity contribution in [2.24, 2.45) is 0 Å². The fourth-order valence-corrected chi connectivity index (χ4v) is 0. The molecule has 0 rings (SSSR count). The summed E-state index contributed by atoms with van der Waals surface area (Å²) in [5.41, 5.74) is 0. The monoisotopic (exact) mass is 332 g/mol. The van der Waals surface area contributed by atoms with Crippen molar-refractivity contribution in [2.75, 3.05) is 0 Å². The van der Waals surface area contributed by atoms with Gasteiger partial charge in [-0.25, -0.2) is 0 Å². The summed E-state index contributed by atoms with van der Waals surface area (Å²) in [6.07, 6.45) is 0. The van der Waals surface area contributed by atoms with Crippen LogP contribution in [0.4, 0.5) is 0 Å². The van der Waals surface area contributed by atoms with Crippen LogP contribution < -0.4 is 0 Å². The minimum absolute atomic E-state index is 0. The van der Waals surface area contributed by atoms with Crippen molar-refractivity contribution in [2.45, 2.75) is 0 Å². The largest absolute Gasteiger partial charge is 2.00 e. The Kier molecular flexibility index (Phi) is 373. The van der Waals surface area contributed by atoms with Crippen LogP contribution in [0.2, 0.25) is 0 Å². The Balaban J connectivity index is 0. The zero-order valence-electron chi connectivity index (χ0n) is 4.84. The fraction of sp³-hybridized carbons (Fsp3) is 0. The van der Waals surface area contributed by atoms with Crippen LogP contribution in [0.5, 0.6) is 0 Å². The summed E-state index contributed by atoms with van der Waals surface area (Å²) in [5.74, 6) is 0. The standard InChI is InChI=1S/Ba.4ClH.Ti.2H/h;4*1H;;;/q+2;;;;;;2*-1. The molecular formula is H6BaCl4Ti. The minimum atomic E-state index is 0. The van der Waals surface area contributed by atoms with Crippen molar-refractivity contribution in [3.05, 3.63) is 0 Å². The summed E-state index contributed by atoms with van der Waals surface area (Å²) in [6, 6.07) is 0. The SMILES string of the molecule is Cl.Cl.Cl.Cl.[Ba+2].[H-].[H-].[Ti]. The first-order chi connectivity index (χ1) is 0. The Morgan fingerprint density at radius 3 is 0.667 bits per heavy atom. The van der Waals surface area contributed by atoms with Crippen LogP contribution in [-0.4, -0.2) is 48.9 Å². The van der Waals surface area contributed by atoms with Gasteiger partial charge in [-0.1, -0.05) is 0 Å². The van der Waals surface area contributed by atoms with Gasteiger partial charge in [-0.05, 0) is 0 Å². The summed E-state index contributed by atoms with van der Waals surface area (Å²) in [4.78, 5) is 0. The molecule has 0 nitrogen and oxygen atoms in total. The molecule has 6 heteroatoms. The van der Waals surface area contributed by atoms with E-state index in [9.17, 15) is 0 Å². The van der Waals surface area contributed by atoms with Gasteiger partial charge in [0.05, 0.1) is 0 Å². The fourth-order valence-electron chi connectivity index (χ4n) is 0. The first-order valence-corrected chi connectivity index (χ1v) is 0. The maximum atomic E-state index is 0. The first kappa shape index (κ1) is 56.7. The van der Waals surface area contributed by atoms with Crippen LogP contribution in [0.3, 0.4) is 0 Å². The van der Waals surface area contributed by atoms with E-state index in [0.717, 1.165) is 0 Å². The number of hydrogen-bond donors (Lipinski definition) is 0. The molecule has 0 aromatic rings. The zero-order valence-corrected chi connectivity index (χ0v) is 12.1. The van der Waals surface area contributed by atoms with Gasteiger partial charge in [-0.3, -0.25) is 0 Å². The average molecular weight is 333 g/mol. The van der Waals surface area contributed by atoms with Gasteiger partial charge in [0.25, 0.3) is 0 Å². The molecule has 0 bridgehead atoms. The molecule has 0 aromatic heterocycles. The van der Waals surface area contributed by atoms with Crippen molar-refractivity contribution in [1.29, 1.82) is 0 Å². The van der Waals surface area contributed by atoms with Gasteiger partial charge in [-0.15, -0.1) is 49.6 Å². The molecule has 0 aliphatic carbocycles. The normalized spacial score (nSPS) is 0. The number of rotatable bonds is 0. The van der Waals surface area contributed by atoms with E-state index < -0.39 is 0 Å². The third-order valence-corrected chi connectivity index (χ3v) is 0. The van der Waals surface area contributed by atoms with Crippen LogP contribution in [0.1, 0.15) is 2.85 Å². The minimum Gasteiger partial charge on any atom is -1.00 e. The molecule has 0 aliphatic heterocycles. The molecule has 0 amide bonds. The summed E-state index contributed by atoms with van der Waals surface area (Å²) >= 11 is 0. The van der Waals surface area contributed by atoms with E-state index in [-0.39, 0.29) is 123 Å². The Morgan fingerprint density at radius 1 is 0.667 bits per heavy atom. The van der Waals surface area contributed by atoms with Crippen molar-refractivity contribution >= 4 is 98.5 Å². The number of hydrogen-bond acceptors (Lipinski definition) is 0. The quantitative estimate of drug-likeness (QED) is 0.590. The van der Waals surface area contributed by atoms with E-state index in [1.165, 1.54) is 0 Å². The van der Waals surface area contributed by atoms with Crippen LogP contribution >= 0.6 is 49.6 Å². The van der Waals surface area contributed by atoms with E-state index >= 15 is 0 Å². The summed E-state index contributed by atoms with van der Waals surface area (Å²) in [5, 5.41) is 0.